The molecule has 10 heteroatoms. The molecule has 27 heavy (non-hydrogen) atoms. The number of hydrogen-bond acceptors (Lipinski definition) is 7. The smallest absolute Gasteiger partial charge is 0.255 e. The number of carbonyl (C=O) groups excluding carboxylic acids is 1. The Labute approximate surface area is 160 Å². The van der Waals surface area contributed by atoms with E-state index in [9.17, 15) is 13.2 Å². The molecule has 0 aliphatic carbocycles. The fourth-order valence-electron chi connectivity index (χ4n) is 2.37. The second-order valence-corrected chi connectivity index (χ2v) is 8.56. The van der Waals surface area contributed by atoms with E-state index < -0.39 is 9.84 Å². The average Bonchev–Trinajstić information content (AvgIpc) is 3.17. The minimum Gasteiger partial charge on any atom is -0.322 e. The lowest BCUT2D eigenvalue weighted by molar-refractivity contribution is 0.102. The van der Waals surface area contributed by atoms with E-state index in [4.69, 9.17) is 0 Å². The van der Waals surface area contributed by atoms with Gasteiger partial charge in [0.2, 0.25) is 5.16 Å². The Morgan fingerprint density at radius 2 is 1.93 bits per heavy atom. The van der Waals surface area contributed by atoms with Crippen molar-refractivity contribution in [2.45, 2.75) is 17.0 Å². The molecule has 0 aliphatic heterocycles. The van der Waals surface area contributed by atoms with E-state index in [-0.39, 0.29) is 16.6 Å². The van der Waals surface area contributed by atoms with E-state index in [1.54, 1.807) is 29.8 Å². The molecule has 2 aromatic carbocycles. The van der Waals surface area contributed by atoms with Crippen molar-refractivity contribution in [2.24, 2.45) is 0 Å². The Kier molecular flexibility index (Phi) is 5.57. The topological polar surface area (TPSA) is 107 Å². The molecule has 0 saturated heterocycles. The summed E-state index contributed by atoms with van der Waals surface area (Å²) in [6, 6.07) is 13.0. The maximum absolute atomic E-state index is 12.5. The lowest BCUT2D eigenvalue weighted by Crippen LogP contribution is -2.13. The second kappa shape index (κ2) is 7.89. The maximum Gasteiger partial charge on any atom is 0.255 e. The van der Waals surface area contributed by atoms with Crippen LogP contribution in [0, 0.1) is 0 Å². The first-order valence-electron chi connectivity index (χ1n) is 8.01. The minimum absolute atomic E-state index is 0.0144. The van der Waals surface area contributed by atoms with Gasteiger partial charge in [0.1, 0.15) is 0 Å². The lowest BCUT2D eigenvalue weighted by Gasteiger charge is -2.09. The third-order valence-corrected chi connectivity index (χ3v) is 6.20. The minimum atomic E-state index is -3.29. The van der Waals surface area contributed by atoms with Gasteiger partial charge in [0, 0.05) is 11.3 Å². The SMILES string of the molecule is CCS(=O)(=O)c1ccc(C(=O)Nc2cccc(-n3nnnc3SC)c2)cc1. The van der Waals surface area contributed by atoms with Crippen LogP contribution >= 0.6 is 11.8 Å². The third-order valence-electron chi connectivity index (χ3n) is 3.83. The van der Waals surface area contributed by atoms with Crippen LogP contribution < -0.4 is 5.32 Å². The molecule has 0 aliphatic rings. The van der Waals surface area contributed by atoms with Crippen molar-refractivity contribution in [3.8, 4) is 5.69 Å². The highest BCUT2D eigenvalue weighted by atomic mass is 32.2. The van der Waals surface area contributed by atoms with E-state index in [0.29, 0.717) is 22.1 Å². The van der Waals surface area contributed by atoms with Crippen LogP contribution in [0.25, 0.3) is 5.69 Å². The summed E-state index contributed by atoms with van der Waals surface area (Å²) in [7, 11) is -3.29. The molecule has 0 saturated carbocycles. The van der Waals surface area contributed by atoms with Crippen molar-refractivity contribution >= 4 is 33.2 Å². The summed E-state index contributed by atoms with van der Waals surface area (Å²) in [5.74, 6) is -0.324. The number of tetrazole rings is 1. The first-order valence-corrected chi connectivity index (χ1v) is 10.9. The summed E-state index contributed by atoms with van der Waals surface area (Å²) in [6.45, 7) is 1.58. The Balaban J connectivity index is 1.80. The van der Waals surface area contributed by atoms with Gasteiger partial charge in [-0.05, 0) is 59.1 Å². The molecule has 8 nitrogen and oxygen atoms in total. The highest BCUT2D eigenvalue weighted by molar-refractivity contribution is 7.98. The van der Waals surface area contributed by atoms with Gasteiger partial charge in [-0.15, -0.1) is 5.10 Å². The van der Waals surface area contributed by atoms with Crippen LogP contribution in [0.15, 0.2) is 58.6 Å². The van der Waals surface area contributed by atoms with E-state index in [1.165, 1.54) is 36.0 Å². The van der Waals surface area contributed by atoms with Crippen LogP contribution in [0.2, 0.25) is 0 Å². The molecule has 1 amide bonds. The van der Waals surface area contributed by atoms with Crippen LogP contribution in [0.5, 0.6) is 0 Å². The molecule has 0 bridgehead atoms. The van der Waals surface area contributed by atoms with E-state index in [1.807, 2.05) is 12.3 Å². The molecule has 1 aromatic heterocycles. The number of anilines is 1. The highest BCUT2D eigenvalue weighted by Crippen LogP contribution is 2.19. The summed E-state index contributed by atoms with van der Waals surface area (Å²) >= 11 is 1.41. The molecule has 0 radical (unpaired) electrons. The number of carbonyl (C=O) groups is 1. The van der Waals surface area contributed by atoms with Crippen LogP contribution in [0.4, 0.5) is 5.69 Å². The predicted molar refractivity (Wildman–Crippen MR) is 103 cm³/mol. The van der Waals surface area contributed by atoms with Gasteiger partial charge in [0.05, 0.1) is 16.3 Å². The molecular weight excluding hydrogens is 386 g/mol. The Hall–Kier alpha value is -2.72. The molecule has 1 heterocycles. The largest absolute Gasteiger partial charge is 0.322 e. The Morgan fingerprint density at radius 3 is 2.59 bits per heavy atom. The highest BCUT2D eigenvalue weighted by Gasteiger charge is 2.13. The molecule has 3 aromatic rings. The molecule has 0 spiro atoms. The van der Waals surface area contributed by atoms with Gasteiger partial charge < -0.3 is 5.32 Å². The molecule has 0 unspecified atom stereocenters. The van der Waals surface area contributed by atoms with Gasteiger partial charge in [0.25, 0.3) is 5.91 Å². The molecule has 0 fully saturated rings. The molecular formula is C17H17N5O3S2. The summed E-state index contributed by atoms with van der Waals surface area (Å²) < 4.78 is 25.3. The number of rotatable bonds is 6. The van der Waals surface area contributed by atoms with Crippen molar-refractivity contribution in [1.82, 2.24) is 20.2 Å². The van der Waals surface area contributed by atoms with Crippen molar-refractivity contribution < 1.29 is 13.2 Å². The predicted octanol–water partition coefficient (Wildman–Crippen LogP) is 2.43. The summed E-state index contributed by atoms with van der Waals surface area (Å²) in [5, 5.41) is 14.9. The van der Waals surface area contributed by atoms with E-state index in [0.717, 1.165) is 0 Å². The number of nitrogens with one attached hydrogen (secondary N) is 1. The zero-order valence-corrected chi connectivity index (χ0v) is 16.3. The monoisotopic (exact) mass is 403 g/mol. The average molecular weight is 403 g/mol. The zero-order valence-electron chi connectivity index (χ0n) is 14.7. The standard InChI is InChI=1S/C17H17N5O3S2/c1-3-27(24,25)15-9-7-12(8-10-15)16(23)18-13-5-4-6-14(11-13)22-17(26-2)19-20-21-22/h4-11H,3H2,1-2H3,(H,18,23). The van der Waals surface area contributed by atoms with Gasteiger partial charge in [0.15, 0.2) is 9.84 Å². The zero-order chi connectivity index (χ0) is 19.4. The van der Waals surface area contributed by atoms with Crippen molar-refractivity contribution in [2.75, 3.05) is 17.3 Å². The normalized spacial score (nSPS) is 11.3. The molecule has 0 atom stereocenters. The summed E-state index contributed by atoms with van der Waals surface area (Å²) in [4.78, 5) is 12.7. The van der Waals surface area contributed by atoms with Gasteiger partial charge >= 0.3 is 0 Å². The summed E-state index contributed by atoms with van der Waals surface area (Å²) in [5.41, 5.74) is 1.65. The molecule has 3 rings (SSSR count). The van der Waals surface area contributed by atoms with Crippen molar-refractivity contribution in [3.63, 3.8) is 0 Å². The van der Waals surface area contributed by atoms with Crippen LogP contribution in [0.1, 0.15) is 17.3 Å². The van der Waals surface area contributed by atoms with Crippen LogP contribution in [-0.2, 0) is 9.84 Å². The fraction of sp³-hybridized carbons (Fsp3) is 0.176. The van der Waals surface area contributed by atoms with Crippen molar-refractivity contribution in [1.29, 1.82) is 0 Å². The third kappa shape index (κ3) is 4.17. The second-order valence-electron chi connectivity index (χ2n) is 5.51. The van der Waals surface area contributed by atoms with Crippen LogP contribution in [0.3, 0.4) is 0 Å². The number of benzene rings is 2. The fourth-order valence-corrected chi connectivity index (χ4v) is 3.68. The van der Waals surface area contributed by atoms with Gasteiger partial charge in [-0.25, -0.2) is 8.42 Å². The van der Waals surface area contributed by atoms with E-state index >= 15 is 0 Å². The van der Waals surface area contributed by atoms with Gasteiger partial charge in [-0.1, -0.05) is 24.8 Å². The van der Waals surface area contributed by atoms with Gasteiger partial charge in [-0.2, -0.15) is 4.68 Å². The first-order chi connectivity index (χ1) is 12.9. The maximum atomic E-state index is 12.5. The number of aromatic nitrogens is 4. The van der Waals surface area contributed by atoms with Crippen molar-refractivity contribution in [3.05, 3.63) is 54.1 Å². The Morgan fingerprint density at radius 1 is 1.19 bits per heavy atom. The number of sulfone groups is 1. The number of hydrogen-bond donors (Lipinski definition) is 1. The summed E-state index contributed by atoms with van der Waals surface area (Å²) in [6.07, 6.45) is 1.87. The number of amides is 1. The first kappa shape index (κ1) is 19.1. The van der Waals surface area contributed by atoms with E-state index in [2.05, 4.69) is 20.8 Å². The molecule has 140 valence electrons. The quantitative estimate of drug-likeness (QED) is 0.630. The van der Waals surface area contributed by atoms with Gasteiger partial charge in [-0.3, -0.25) is 4.79 Å². The van der Waals surface area contributed by atoms with Crippen LogP contribution in [-0.4, -0.2) is 46.5 Å². The number of nitrogens with zero attached hydrogens (tertiary/aromatic N) is 4. The Bertz CT molecular complexity index is 1060. The number of thioether (sulfide) groups is 1. The lowest BCUT2D eigenvalue weighted by atomic mass is 10.2. The molecule has 1 N–H and O–H groups in total.